The molecule has 1 aliphatic heterocycles. The van der Waals surface area contributed by atoms with Crippen LogP contribution in [0.4, 0.5) is 4.39 Å². The fraction of sp³-hybridized carbons (Fsp3) is 0.375. The third-order valence-electron chi connectivity index (χ3n) is 3.78. The van der Waals surface area contributed by atoms with Crippen molar-refractivity contribution >= 4 is 23.7 Å². The molecule has 0 saturated carbocycles. The first-order valence-electron chi connectivity index (χ1n) is 7.00. The van der Waals surface area contributed by atoms with Gasteiger partial charge in [-0.15, -0.1) is 23.7 Å². The van der Waals surface area contributed by atoms with Crippen LogP contribution in [0.1, 0.15) is 22.0 Å². The van der Waals surface area contributed by atoms with Gasteiger partial charge in [-0.3, -0.25) is 4.90 Å². The van der Waals surface area contributed by atoms with Gasteiger partial charge in [0.05, 0.1) is 6.04 Å². The zero-order valence-corrected chi connectivity index (χ0v) is 13.6. The van der Waals surface area contributed by atoms with Crippen LogP contribution in [0.15, 0.2) is 35.7 Å². The van der Waals surface area contributed by atoms with E-state index >= 15 is 0 Å². The first kappa shape index (κ1) is 16.4. The van der Waals surface area contributed by atoms with E-state index in [2.05, 4.69) is 21.7 Å². The molecule has 0 unspecified atom stereocenters. The first-order valence-corrected chi connectivity index (χ1v) is 7.88. The number of aryl methyl sites for hydroxylation is 1. The highest BCUT2D eigenvalue weighted by atomic mass is 35.5. The van der Waals surface area contributed by atoms with Gasteiger partial charge < -0.3 is 5.32 Å². The lowest BCUT2D eigenvalue weighted by molar-refractivity contribution is 0.197. The minimum atomic E-state index is -0.104. The van der Waals surface area contributed by atoms with Gasteiger partial charge in [-0.2, -0.15) is 0 Å². The molecule has 5 heteroatoms. The van der Waals surface area contributed by atoms with Crippen LogP contribution in [0.5, 0.6) is 0 Å². The molecular formula is C16H20ClFN2S. The average Bonchev–Trinajstić information content (AvgIpc) is 2.98. The van der Waals surface area contributed by atoms with E-state index < -0.39 is 0 Å². The fourth-order valence-corrected chi connectivity index (χ4v) is 3.67. The Hall–Kier alpha value is -0.940. The van der Waals surface area contributed by atoms with Gasteiger partial charge in [0.1, 0.15) is 5.82 Å². The van der Waals surface area contributed by atoms with Gasteiger partial charge in [0, 0.05) is 36.6 Å². The second kappa shape index (κ2) is 7.36. The topological polar surface area (TPSA) is 15.3 Å². The minimum absolute atomic E-state index is 0. The van der Waals surface area contributed by atoms with Crippen molar-refractivity contribution in [2.45, 2.75) is 13.0 Å². The molecule has 3 rings (SSSR count). The summed E-state index contributed by atoms with van der Waals surface area (Å²) in [5.41, 5.74) is 1.91. The van der Waals surface area contributed by atoms with Crippen LogP contribution in [0, 0.1) is 12.7 Å². The normalized spacial score (nSPS) is 17.2. The maximum Gasteiger partial charge on any atom is 0.128 e. The Bertz CT molecular complexity index is 568. The molecule has 1 aromatic carbocycles. The Balaban J connectivity index is 0.00000161. The summed E-state index contributed by atoms with van der Waals surface area (Å²) < 4.78 is 14.3. The quantitative estimate of drug-likeness (QED) is 0.927. The van der Waals surface area contributed by atoms with Crippen molar-refractivity contribution in [2.75, 3.05) is 26.2 Å². The largest absolute Gasteiger partial charge is 0.314 e. The molecular weight excluding hydrogens is 307 g/mol. The molecule has 1 atom stereocenters. The third kappa shape index (κ3) is 3.64. The molecule has 0 bridgehead atoms. The summed E-state index contributed by atoms with van der Waals surface area (Å²) in [4.78, 5) is 3.59. The second-order valence-electron chi connectivity index (χ2n) is 5.23. The van der Waals surface area contributed by atoms with E-state index in [1.165, 1.54) is 4.88 Å². The SMILES string of the molecule is Cc1ccc(F)c([C@@H](c2cccs2)N2CCNCC2)c1.Cl. The lowest BCUT2D eigenvalue weighted by Crippen LogP contribution is -2.45. The lowest BCUT2D eigenvalue weighted by atomic mass is 10.00. The molecule has 2 heterocycles. The Kier molecular flexibility index (Phi) is 5.76. The molecule has 21 heavy (non-hydrogen) atoms. The van der Waals surface area contributed by atoms with E-state index in [1.807, 2.05) is 25.1 Å². The maximum atomic E-state index is 14.3. The van der Waals surface area contributed by atoms with Crippen molar-refractivity contribution in [1.29, 1.82) is 0 Å². The van der Waals surface area contributed by atoms with Gasteiger partial charge in [0.25, 0.3) is 0 Å². The highest BCUT2D eigenvalue weighted by Gasteiger charge is 2.26. The van der Waals surface area contributed by atoms with Crippen molar-refractivity contribution in [1.82, 2.24) is 10.2 Å². The Morgan fingerprint density at radius 2 is 2.00 bits per heavy atom. The molecule has 0 radical (unpaired) electrons. The Labute approximate surface area is 135 Å². The average molecular weight is 327 g/mol. The van der Waals surface area contributed by atoms with E-state index in [0.29, 0.717) is 0 Å². The Morgan fingerprint density at radius 1 is 1.24 bits per heavy atom. The molecule has 1 saturated heterocycles. The summed E-state index contributed by atoms with van der Waals surface area (Å²) in [6.07, 6.45) is 0. The summed E-state index contributed by atoms with van der Waals surface area (Å²) in [6, 6.07) is 9.61. The molecule has 2 nitrogen and oxygen atoms in total. The Morgan fingerprint density at radius 3 is 2.67 bits per heavy atom. The van der Waals surface area contributed by atoms with E-state index in [1.54, 1.807) is 17.4 Å². The van der Waals surface area contributed by atoms with E-state index in [4.69, 9.17) is 0 Å². The van der Waals surface area contributed by atoms with Gasteiger partial charge in [-0.1, -0.05) is 23.8 Å². The van der Waals surface area contributed by atoms with Crippen molar-refractivity contribution < 1.29 is 4.39 Å². The van der Waals surface area contributed by atoms with Crippen LogP contribution in [-0.4, -0.2) is 31.1 Å². The number of rotatable bonds is 3. The molecule has 1 aromatic heterocycles. The fourth-order valence-electron chi connectivity index (χ4n) is 2.79. The number of hydrogen-bond donors (Lipinski definition) is 1. The standard InChI is InChI=1S/C16H19FN2S.ClH/c1-12-4-5-14(17)13(11-12)16(15-3-2-10-20-15)19-8-6-18-7-9-19;/h2-5,10-11,16,18H,6-9H2,1H3;1H/t16-;/m0./s1. The number of thiophene rings is 1. The zero-order valence-electron chi connectivity index (χ0n) is 12.0. The summed E-state index contributed by atoms with van der Waals surface area (Å²) in [6.45, 7) is 5.86. The number of benzene rings is 1. The van der Waals surface area contributed by atoms with Crippen molar-refractivity contribution in [3.05, 3.63) is 57.5 Å². The van der Waals surface area contributed by atoms with Crippen LogP contribution in [0.3, 0.4) is 0 Å². The number of halogens is 2. The smallest absolute Gasteiger partial charge is 0.128 e. The van der Waals surface area contributed by atoms with Gasteiger partial charge in [0.2, 0.25) is 0 Å². The molecule has 0 spiro atoms. The van der Waals surface area contributed by atoms with Crippen molar-refractivity contribution in [2.24, 2.45) is 0 Å². The molecule has 1 aliphatic rings. The van der Waals surface area contributed by atoms with Crippen LogP contribution in [0.2, 0.25) is 0 Å². The minimum Gasteiger partial charge on any atom is -0.314 e. The third-order valence-corrected chi connectivity index (χ3v) is 4.70. The number of piperazine rings is 1. The van der Waals surface area contributed by atoms with E-state index in [-0.39, 0.29) is 24.3 Å². The predicted molar refractivity (Wildman–Crippen MR) is 89.0 cm³/mol. The number of hydrogen-bond acceptors (Lipinski definition) is 3. The molecule has 0 aliphatic carbocycles. The molecule has 0 amide bonds. The summed E-state index contributed by atoms with van der Waals surface area (Å²) >= 11 is 1.71. The van der Waals surface area contributed by atoms with Gasteiger partial charge in [-0.25, -0.2) is 4.39 Å². The lowest BCUT2D eigenvalue weighted by Gasteiger charge is -2.35. The predicted octanol–water partition coefficient (Wildman–Crippen LogP) is 3.61. The monoisotopic (exact) mass is 326 g/mol. The van der Waals surface area contributed by atoms with Crippen molar-refractivity contribution in [3.8, 4) is 0 Å². The summed E-state index contributed by atoms with van der Waals surface area (Å²) in [7, 11) is 0. The van der Waals surface area contributed by atoms with E-state index in [0.717, 1.165) is 37.3 Å². The number of nitrogens with one attached hydrogen (secondary N) is 1. The molecule has 2 aromatic rings. The van der Waals surface area contributed by atoms with Crippen LogP contribution >= 0.6 is 23.7 Å². The maximum absolute atomic E-state index is 14.3. The highest BCUT2D eigenvalue weighted by molar-refractivity contribution is 7.10. The zero-order chi connectivity index (χ0) is 13.9. The number of nitrogens with zero attached hydrogens (tertiary/aromatic N) is 1. The van der Waals surface area contributed by atoms with Gasteiger partial charge >= 0.3 is 0 Å². The van der Waals surface area contributed by atoms with Crippen LogP contribution in [-0.2, 0) is 0 Å². The highest BCUT2D eigenvalue weighted by Crippen LogP contribution is 2.33. The molecule has 114 valence electrons. The summed E-state index contributed by atoms with van der Waals surface area (Å²) in [5.74, 6) is -0.104. The van der Waals surface area contributed by atoms with Gasteiger partial charge in [0.15, 0.2) is 0 Å². The van der Waals surface area contributed by atoms with E-state index in [9.17, 15) is 4.39 Å². The first-order chi connectivity index (χ1) is 9.75. The van der Waals surface area contributed by atoms with Crippen molar-refractivity contribution in [3.63, 3.8) is 0 Å². The van der Waals surface area contributed by atoms with Gasteiger partial charge in [-0.05, 0) is 24.4 Å². The van der Waals surface area contributed by atoms with Crippen LogP contribution in [0.25, 0.3) is 0 Å². The molecule has 1 fully saturated rings. The second-order valence-corrected chi connectivity index (χ2v) is 6.21. The summed E-state index contributed by atoms with van der Waals surface area (Å²) in [5, 5.41) is 5.43. The molecule has 1 N–H and O–H groups in total. The van der Waals surface area contributed by atoms with Crippen LogP contribution < -0.4 is 5.32 Å².